The predicted octanol–water partition coefficient (Wildman–Crippen LogP) is 2.90. The van der Waals surface area contributed by atoms with Crippen LogP contribution in [0.3, 0.4) is 0 Å². The Morgan fingerprint density at radius 3 is 2.56 bits per heavy atom. The summed E-state index contributed by atoms with van der Waals surface area (Å²) in [5.41, 5.74) is 1.97. The fraction of sp³-hybridized carbons (Fsp3) is 0.538. The summed E-state index contributed by atoms with van der Waals surface area (Å²) in [6.07, 6.45) is -0.388. The first-order valence-electron chi connectivity index (χ1n) is 5.51. The first-order chi connectivity index (χ1) is 7.33. The first-order valence-corrected chi connectivity index (χ1v) is 5.89. The summed E-state index contributed by atoms with van der Waals surface area (Å²) in [6.45, 7) is 8.49. The lowest BCUT2D eigenvalue weighted by molar-refractivity contribution is 0.0956. The molecule has 1 unspecified atom stereocenters. The van der Waals surface area contributed by atoms with Crippen molar-refractivity contribution in [2.75, 3.05) is 0 Å². The maximum Gasteiger partial charge on any atom is 0.0688 e. The summed E-state index contributed by atoms with van der Waals surface area (Å²) in [6, 6.07) is 5.97. The van der Waals surface area contributed by atoms with Crippen molar-refractivity contribution in [1.29, 1.82) is 0 Å². The number of hydrogen-bond donors (Lipinski definition) is 2. The Labute approximate surface area is 103 Å². The van der Waals surface area contributed by atoms with Gasteiger partial charge in [0.2, 0.25) is 0 Å². The van der Waals surface area contributed by atoms with Crippen LogP contribution in [-0.4, -0.2) is 16.7 Å². The molecule has 0 spiro atoms. The zero-order chi connectivity index (χ0) is 12.3. The number of rotatable bonds is 4. The Morgan fingerprint density at radius 2 is 2.06 bits per heavy atom. The van der Waals surface area contributed by atoms with Gasteiger partial charge in [-0.2, -0.15) is 0 Å². The minimum Gasteiger partial charge on any atom is -0.392 e. The highest BCUT2D eigenvalue weighted by atomic mass is 35.5. The molecule has 0 aliphatic heterocycles. The van der Waals surface area contributed by atoms with Crippen molar-refractivity contribution in [3.8, 4) is 0 Å². The van der Waals surface area contributed by atoms with Crippen LogP contribution in [-0.2, 0) is 6.54 Å². The lowest BCUT2D eigenvalue weighted by atomic mass is 9.98. The predicted molar refractivity (Wildman–Crippen MR) is 68.8 cm³/mol. The molecule has 0 fully saturated rings. The van der Waals surface area contributed by atoms with E-state index in [-0.39, 0.29) is 11.6 Å². The Morgan fingerprint density at radius 1 is 1.44 bits per heavy atom. The van der Waals surface area contributed by atoms with E-state index < -0.39 is 0 Å². The van der Waals surface area contributed by atoms with Gasteiger partial charge in [-0.25, -0.2) is 0 Å². The van der Waals surface area contributed by atoms with Crippen LogP contribution in [0.15, 0.2) is 18.2 Å². The second-order valence-corrected chi connectivity index (χ2v) is 5.24. The van der Waals surface area contributed by atoms with Gasteiger partial charge in [-0.3, -0.25) is 0 Å². The highest BCUT2D eigenvalue weighted by molar-refractivity contribution is 6.31. The van der Waals surface area contributed by atoms with Gasteiger partial charge in [-0.15, -0.1) is 0 Å². The quantitative estimate of drug-likeness (QED) is 0.850. The van der Waals surface area contributed by atoms with Crippen molar-refractivity contribution >= 4 is 11.6 Å². The van der Waals surface area contributed by atoms with Gasteiger partial charge in [0.15, 0.2) is 0 Å². The van der Waals surface area contributed by atoms with Crippen LogP contribution in [0.4, 0.5) is 0 Å². The van der Waals surface area contributed by atoms with Crippen LogP contribution in [0.25, 0.3) is 0 Å². The van der Waals surface area contributed by atoms with E-state index in [1.807, 2.05) is 32.9 Å². The molecule has 0 saturated carbocycles. The molecular weight excluding hydrogens is 222 g/mol. The average Bonchev–Trinajstić information content (AvgIpc) is 2.20. The van der Waals surface area contributed by atoms with E-state index in [9.17, 15) is 5.11 Å². The van der Waals surface area contributed by atoms with Crippen molar-refractivity contribution < 1.29 is 5.11 Å². The van der Waals surface area contributed by atoms with E-state index in [4.69, 9.17) is 11.6 Å². The summed E-state index contributed by atoms with van der Waals surface area (Å²) in [5, 5.41) is 13.7. The fourth-order valence-electron chi connectivity index (χ4n) is 1.29. The molecule has 0 bridgehead atoms. The van der Waals surface area contributed by atoms with Gasteiger partial charge >= 0.3 is 0 Å². The second-order valence-electron chi connectivity index (χ2n) is 4.83. The maximum atomic E-state index is 9.57. The number of hydrogen-bond acceptors (Lipinski definition) is 2. The zero-order valence-electron chi connectivity index (χ0n) is 10.3. The number of nitrogens with one attached hydrogen (secondary N) is 1. The van der Waals surface area contributed by atoms with E-state index in [1.54, 1.807) is 6.92 Å². The third-order valence-electron chi connectivity index (χ3n) is 3.01. The van der Waals surface area contributed by atoms with Crippen molar-refractivity contribution in [2.24, 2.45) is 0 Å². The highest BCUT2D eigenvalue weighted by Crippen LogP contribution is 2.17. The standard InChI is InChI=1S/C13H20ClNO/c1-9-7-11(5-6-12(9)14)8-15-13(3,4)10(2)16/h5-7,10,15-16H,8H2,1-4H3. The zero-order valence-corrected chi connectivity index (χ0v) is 11.1. The van der Waals surface area contributed by atoms with Gasteiger partial charge in [0, 0.05) is 17.1 Å². The summed E-state index contributed by atoms with van der Waals surface area (Å²) >= 11 is 5.96. The number of aliphatic hydroxyl groups excluding tert-OH is 1. The molecule has 0 radical (unpaired) electrons. The third kappa shape index (κ3) is 3.48. The van der Waals surface area contributed by atoms with Gasteiger partial charge < -0.3 is 10.4 Å². The van der Waals surface area contributed by atoms with Crippen molar-refractivity contribution in [2.45, 2.75) is 45.9 Å². The lowest BCUT2D eigenvalue weighted by Crippen LogP contribution is -2.47. The van der Waals surface area contributed by atoms with E-state index >= 15 is 0 Å². The van der Waals surface area contributed by atoms with Crippen molar-refractivity contribution in [3.05, 3.63) is 34.3 Å². The fourth-order valence-corrected chi connectivity index (χ4v) is 1.41. The van der Waals surface area contributed by atoms with Gasteiger partial charge in [0.05, 0.1) is 6.10 Å². The third-order valence-corrected chi connectivity index (χ3v) is 3.44. The van der Waals surface area contributed by atoms with Gasteiger partial charge in [-0.05, 0) is 44.9 Å². The molecule has 1 atom stereocenters. The van der Waals surface area contributed by atoms with Crippen LogP contribution >= 0.6 is 11.6 Å². The smallest absolute Gasteiger partial charge is 0.0688 e. The van der Waals surface area contributed by atoms with Gasteiger partial charge in [-0.1, -0.05) is 23.7 Å². The van der Waals surface area contributed by atoms with Crippen LogP contribution in [0.1, 0.15) is 31.9 Å². The SMILES string of the molecule is Cc1cc(CNC(C)(C)C(C)O)ccc1Cl. The normalized spacial score (nSPS) is 13.9. The molecule has 0 aliphatic carbocycles. The Balaban J connectivity index is 2.65. The van der Waals surface area contributed by atoms with Gasteiger partial charge in [0.1, 0.15) is 0 Å². The Bertz CT molecular complexity index is 361. The minimum atomic E-state index is -0.388. The van der Waals surface area contributed by atoms with Crippen LogP contribution < -0.4 is 5.32 Å². The van der Waals surface area contributed by atoms with Crippen LogP contribution in [0.2, 0.25) is 5.02 Å². The molecule has 16 heavy (non-hydrogen) atoms. The molecule has 0 saturated heterocycles. The molecule has 2 N–H and O–H groups in total. The molecule has 0 amide bonds. The van der Waals surface area contributed by atoms with E-state index in [0.29, 0.717) is 0 Å². The minimum absolute atomic E-state index is 0.284. The summed E-state index contributed by atoms with van der Waals surface area (Å²) < 4.78 is 0. The monoisotopic (exact) mass is 241 g/mol. The molecule has 2 nitrogen and oxygen atoms in total. The van der Waals surface area contributed by atoms with E-state index in [2.05, 4.69) is 11.4 Å². The van der Waals surface area contributed by atoms with Crippen LogP contribution in [0.5, 0.6) is 0 Å². The molecule has 90 valence electrons. The largest absolute Gasteiger partial charge is 0.392 e. The summed E-state index contributed by atoms with van der Waals surface area (Å²) in [7, 11) is 0. The van der Waals surface area contributed by atoms with Gasteiger partial charge in [0.25, 0.3) is 0 Å². The summed E-state index contributed by atoms with van der Waals surface area (Å²) in [5.74, 6) is 0. The number of halogens is 1. The Hall–Kier alpha value is -0.570. The molecule has 3 heteroatoms. The molecule has 1 aromatic rings. The van der Waals surface area contributed by atoms with E-state index in [1.165, 1.54) is 5.56 Å². The molecule has 0 heterocycles. The molecule has 0 aliphatic rings. The Kier molecular flexibility index (Phi) is 4.36. The van der Waals surface area contributed by atoms with Crippen LogP contribution in [0, 0.1) is 6.92 Å². The lowest BCUT2D eigenvalue weighted by Gasteiger charge is -2.29. The number of aliphatic hydroxyl groups is 1. The first kappa shape index (κ1) is 13.5. The molecular formula is C13H20ClNO. The summed E-state index contributed by atoms with van der Waals surface area (Å²) in [4.78, 5) is 0. The van der Waals surface area contributed by atoms with Crippen molar-refractivity contribution in [3.63, 3.8) is 0 Å². The topological polar surface area (TPSA) is 32.3 Å². The maximum absolute atomic E-state index is 9.57. The molecule has 1 aromatic carbocycles. The number of benzene rings is 1. The van der Waals surface area contributed by atoms with E-state index in [0.717, 1.165) is 17.1 Å². The average molecular weight is 242 g/mol. The molecule has 1 rings (SSSR count). The number of aryl methyl sites for hydroxylation is 1. The highest BCUT2D eigenvalue weighted by Gasteiger charge is 2.22. The van der Waals surface area contributed by atoms with Crippen molar-refractivity contribution in [1.82, 2.24) is 5.32 Å². The second kappa shape index (κ2) is 5.17. The molecule has 0 aromatic heterocycles.